The summed E-state index contributed by atoms with van der Waals surface area (Å²) in [7, 11) is -4.04. The van der Waals surface area contributed by atoms with Gasteiger partial charge in [-0.05, 0) is 25.3 Å². The molecule has 1 N–H and O–H groups in total. The minimum absolute atomic E-state index is 0.274. The number of hydrogen-bond donors (Lipinski definition) is 1. The van der Waals surface area contributed by atoms with Gasteiger partial charge in [0.15, 0.2) is 0 Å². The van der Waals surface area contributed by atoms with Gasteiger partial charge in [-0.25, -0.2) is 0 Å². The molecule has 0 heterocycles. The molecule has 0 spiro atoms. The van der Waals surface area contributed by atoms with Crippen LogP contribution in [0.4, 0.5) is 0 Å². The van der Waals surface area contributed by atoms with Gasteiger partial charge < -0.3 is 4.90 Å². The lowest BCUT2D eigenvalue weighted by Crippen LogP contribution is -2.41. The topological polar surface area (TPSA) is 57.6 Å². The average Bonchev–Trinajstić information content (AvgIpc) is 2.49. The quantitative estimate of drug-likeness (QED) is 0.450. The molecule has 0 aliphatic carbocycles. The van der Waals surface area contributed by atoms with Crippen LogP contribution in [0.5, 0.6) is 0 Å². The normalized spacial score (nSPS) is 12.8. The second-order valence-electron chi connectivity index (χ2n) is 6.44. The van der Waals surface area contributed by atoms with Gasteiger partial charge >= 0.3 is 0 Å². The number of benzene rings is 1. The highest BCUT2D eigenvalue weighted by Crippen LogP contribution is 2.17. The molecule has 1 aromatic carbocycles. The maximum atomic E-state index is 11.5. The van der Waals surface area contributed by atoms with Crippen molar-refractivity contribution in [1.82, 2.24) is 4.90 Å². The first-order chi connectivity index (χ1) is 11.3. The van der Waals surface area contributed by atoms with E-state index in [4.69, 9.17) is 0 Å². The molecule has 0 bridgehead atoms. The van der Waals surface area contributed by atoms with E-state index in [1.54, 1.807) is 0 Å². The molecule has 0 aliphatic heterocycles. The maximum absolute atomic E-state index is 11.5. The molecule has 1 aromatic rings. The van der Waals surface area contributed by atoms with Crippen LogP contribution in [0.15, 0.2) is 42.6 Å². The first-order valence-corrected chi connectivity index (χ1v) is 10.4. The van der Waals surface area contributed by atoms with Crippen molar-refractivity contribution in [3.8, 4) is 0 Å². The van der Waals surface area contributed by atoms with Crippen LogP contribution in [0.25, 0.3) is 0 Å². The van der Waals surface area contributed by atoms with E-state index in [1.807, 2.05) is 42.2 Å². The average molecular weight is 354 g/mol. The van der Waals surface area contributed by atoms with Gasteiger partial charge in [0.2, 0.25) is 0 Å². The summed E-state index contributed by atoms with van der Waals surface area (Å²) in [5.41, 5.74) is 1.90. The fourth-order valence-electron chi connectivity index (χ4n) is 2.96. The molecule has 4 nitrogen and oxygen atoms in total. The summed E-state index contributed by atoms with van der Waals surface area (Å²) >= 11 is 0. The Bertz CT molecular complexity index is 584. The Labute approximate surface area is 147 Å². The molecule has 1 atom stereocenters. The van der Waals surface area contributed by atoms with Crippen molar-refractivity contribution in [3.63, 3.8) is 0 Å². The summed E-state index contributed by atoms with van der Waals surface area (Å²) in [6, 6.07) is 9.48. The fourth-order valence-corrected chi connectivity index (χ4v) is 3.74. The third kappa shape index (κ3) is 8.50. The molecule has 0 radical (unpaired) electrons. The summed E-state index contributed by atoms with van der Waals surface area (Å²) in [5.74, 6) is -0.274. The number of rotatable bonds is 12. The van der Waals surface area contributed by atoms with Gasteiger partial charge in [-0.2, -0.15) is 8.42 Å². The van der Waals surface area contributed by atoms with Gasteiger partial charge in [0.25, 0.3) is 10.1 Å². The van der Waals surface area contributed by atoms with E-state index in [0.717, 1.165) is 30.6 Å². The summed E-state index contributed by atoms with van der Waals surface area (Å²) in [5, 5.41) is 0. The number of hydrogen-bond acceptors (Lipinski definition) is 3. The highest BCUT2D eigenvalue weighted by molar-refractivity contribution is 7.85. The van der Waals surface area contributed by atoms with Crippen molar-refractivity contribution >= 4 is 10.1 Å². The highest BCUT2D eigenvalue weighted by Gasteiger charge is 2.23. The lowest BCUT2D eigenvalue weighted by Gasteiger charge is -2.33. The van der Waals surface area contributed by atoms with E-state index in [0.29, 0.717) is 6.42 Å². The van der Waals surface area contributed by atoms with Gasteiger partial charge in [-0.15, -0.1) is 0 Å². The Balaban J connectivity index is 2.80. The smallest absolute Gasteiger partial charge is 0.266 e. The molecular formula is C19H31NO3S. The van der Waals surface area contributed by atoms with E-state index >= 15 is 0 Å². The van der Waals surface area contributed by atoms with Crippen molar-refractivity contribution in [1.29, 1.82) is 0 Å². The Morgan fingerprint density at radius 1 is 1.17 bits per heavy atom. The zero-order chi connectivity index (χ0) is 18.0. The Kier molecular flexibility index (Phi) is 9.08. The van der Waals surface area contributed by atoms with Crippen LogP contribution in [0.2, 0.25) is 0 Å². The standard InChI is InChI=1S/C19H31NO3S/c1-4-5-6-7-11-14-20(17(2)3)19(16-24(21,22)23)15-18-12-9-8-10-13-18/h8-10,12-13,19H,2,4-7,11,14-16H2,1,3H3,(H,21,22,23). The molecular weight excluding hydrogens is 322 g/mol. The van der Waals surface area contributed by atoms with Crippen LogP contribution < -0.4 is 0 Å². The third-order valence-corrected chi connectivity index (χ3v) is 4.96. The van der Waals surface area contributed by atoms with E-state index in [1.165, 1.54) is 19.3 Å². The predicted molar refractivity (Wildman–Crippen MR) is 101 cm³/mol. The van der Waals surface area contributed by atoms with Gasteiger partial charge in [-0.3, -0.25) is 4.55 Å². The Morgan fingerprint density at radius 2 is 1.79 bits per heavy atom. The van der Waals surface area contributed by atoms with Gasteiger partial charge in [0, 0.05) is 18.3 Å². The lowest BCUT2D eigenvalue weighted by molar-refractivity contribution is 0.259. The minimum atomic E-state index is -4.04. The molecule has 0 aromatic heterocycles. The second-order valence-corrected chi connectivity index (χ2v) is 7.93. The summed E-state index contributed by atoms with van der Waals surface area (Å²) in [6.45, 7) is 8.86. The van der Waals surface area contributed by atoms with Crippen molar-refractivity contribution in [3.05, 3.63) is 48.2 Å². The molecule has 1 unspecified atom stereocenters. The van der Waals surface area contributed by atoms with E-state index in [9.17, 15) is 13.0 Å². The van der Waals surface area contributed by atoms with Crippen LogP contribution in [0.1, 0.15) is 51.5 Å². The lowest BCUT2D eigenvalue weighted by atomic mass is 10.0. The van der Waals surface area contributed by atoms with Crippen molar-refractivity contribution < 1.29 is 13.0 Å². The van der Waals surface area contributed by atoms with Crippen LogP contribution >= 0.6 is 0 Å². The minimum Gasteiger partial charge on any atom is -0.371 e. The molecule has 0 saturated carbocycles. The Hall–Kier alpha value is -1.33. The zero-order valence-electron chi connectivity index (χ0n) is 14.9. The molecule has 136 valence electrons. The van der Waals surface area contributed by atoms with E-state index < -0.39 is 10.1 Å². The summed E-state index contributed by atoms with van der Waals surface area (Å²) in [4.78, 5) is 2.03. The first-order valence-electron chi connectivity index (χ1n) is 8.74. The van der Waals surface area contributed by atoms with Crippen molar-refractivity contribution in [2.24, 2.45) is 0 Å². The van der Waals surface area contributed by atoms with Gasteiger partial charge in [-0.1, -0.05) is 69.5 Å². The summed E-state index contributed by atoms with van der Waals surface area (Å²) in [6.07, 6.45) is 6.32. The van der Waals surface area contributed by atoms with Gasteiger partial charge in [0.05, 0.1) is 5.75 Å². The summed E-state index contributed by atoms with van der Waals surface area (Å²) < 4.78 is 32.3. The van der Waals surface area contributed by atoms with Crippen molar-refractivity contribution in [2.75, 3.05) is 12.3 Å². The van der Waals surface area contributed by atoms with Crippen LogP contribution in [-0.2, 0) is 16.5 Å². The zero-order valence-corrected chi connectivity index (χ0v) is 15.8. The number of allylic oxidation sites excluding steroid dienone is 1. The second kappa shape index (κ2) is 10.5. The number of nitrogens with zero attached hydrogens (tertiary/aromatic N) is 1. The molecule has 5 heteroatoms. The van der Waals surface area contributed by atoms with Crippen LogP contribution in [0, 0.1) is 0 Å². The molecule has 24 heavy (non-hydrogen) atoms. The molecule has 0 saturated heterocycles. The monoisotopic (exact) mass is 353 g/mol. The molecule has 0 amide bonds. The van der Waals surface area contributed by atoms with Crippen LogP contribution in [0.3, 0.4) is 0 Å². The highest BCUT2D eigenvalue weighted by atomic mass is 32.2. The number of unbranched alkanes of at least 4 members (excludes halogenated alkanes) is 4. The Morgan fingerprint density at radius 3 is 2.33 bits per heavy atom. The molecule has 0 fully saturated rings. The van der Waals surface area contributed by atoms with E-state index in [-0.39, 0.29) is 11.8 Å². The maximum Gasteiger partial charge on any atom is 0.266 e. The molecule has 0 aliphatic rings. The van der Waals surface area contributed by atoms with E-state index in [2.05, 4.69) is 13.5 Å². The van der Waals surface area contributed by atoms with Crippen LogP contribution in [-0.4, -0.2) is 36.2 Å². The fraction of sp³-hybridized carbons (Fsp3) is 0.579. The first kappa shape index (κ1) is 20.7. The van der Waals surface area contributed by atoms with Crippen molar-refractivity contribution in [2.45, 2.75) is 58.4 Å². The largest absolute Gasteiger partial charge is 0.371 e. The predicted octanol–water partition coefficient (Wildman–Crippen LogP) is 4.29. The third-order valence-electron chi connectivity index (χ3n) is 4.15. The molecule has 1 rings (SSSR count). The van der Waals surface area contributed by atoms with Gasteiger partial charge in [0.1, 0.15) is 0 Å². The SMILES string of the molecule is C=C(C)N(CCCCCCC)C(Cc1ccccc1)CS(=O)(=O)O.